The van der Waals surface area contributed by atoms with E-state index < -0.39 is 11.9 Å². The second-order valence-corrected chi connectivity index (χ2v) is 7.98. The third-order valence-electron chi connectivity index (χ3n) is 5.60. The molecule has 2 fully saturated rings. The number of ether oxygens (including phenoxy) is 2. The fourth-order valence-electron chi connectivity index (χ4n) is 4.15. The minimum absolute atomic E-state index is 0.00178. The number of halogens is 2. The zero-order valence-electron chi connectivity index (χ0n) is 16.8. The van der Waals surface area contributed by atoms with Crippen LogP contribution in [0.15, 0.2) is 36.7 Å². The second kappa shape index (κ2) is 7.51. The van der Waals surface area contributed by atoms with Gasteiger partial charge in [-0.2, -0.15) is 0 Å². The zero-order valence-corrected chi connectivity index (χ0v) is 17.6. The largest absolute Gasteiger partial charge is 0.494 e. The van der Waals surface area contributed by atoms with E-state index in [1.165, 1.54) is 19.5 Å². The Balaban J connectivity index is 1.62. The van der Waals surface area contributed by atoms with Gasteiger partial charge in [-0.1, -0.05) is 17.7 Å². The summed E-state index contributed by atoms with van der Waals surface area (Å²) in [6.07, 6.45) is 0.745. The van der Waals surface area contributed by atoms with E-state index in [2.05, 4.69) is 20.2 Å². The molecule has 3 aromatic rings. The molecule has 0 saturated carbocycles. The van der Waals surface area contributed by atoms with E-state index in [1.54, 1.807) is 29.2 Å². The van der Waals surface area contributed by atoms with Crippen LogP contribution < -0.4 is 15.0 Å². The monoisotopic (exact) mass is 443 g/mol. The summed E-state index contributed by atoms with van der Waals surface area (Å²) in [5.41, 5.74) is 1.31. The Morgan fingerprint density at radius 3 is 2.94 bits per heavy atom. The molecule has 160 valence electrons. The Hall–Kier alpha value is -3.17. The molecule has 2 saturated heterocycles. The molecular weight excluding hydrogens is 425 g/mol. The summed E-state index contributed by atoms with van der Waals surface area (Å²) in [7, 11) is 3.52. The van der Waals surface area contributed by atoms with Gasteiger partial charge >= 0.3 is 6.09 Å². The quantitative estimate of drug-likeness (QED) is 0.656. The van der Waals surface area contributed by atoms with Crippen LogP contribution in [0.5, 0.6) is 5.75 Å². The lowest BCUT2D eigenvalue weighted by Gasteiger charge is -2.23. The predicted molar refractivity (Wildman–Crippen MR) is 115 cm³/mol. The number of rotatable bonds is 4. The van der Waals surface area contributed by atoms with Gasteiger partial charge in [-0.25, -0.2) is 19.2 Å². The molecule has 0 radical (unpaired) electrons. The molecule has 2 atom stereocenters. The number of carbonyl (C=O) groups is 1. The Kier molecular flexibility index (Phi) is 4.79. The van der Waals surface area contributed by atoms with Gasteiger partial charge in [0.05, 0.1) is 35.1 Å². The number of amides is 1. The normalized spacial score (nSPS) is 20.8. The van der Waals surface area contributed by atoms with Crippen LogP contribution in [0.4, 0.5) is 26.4 Å². The minimum atomic E-state index is -0.579. The Morgan fingerprint density at radius 1 is 1.29 bits per heavy atom. The maximum absolute atomic E-state index is 14.4. The number of fused-ring (bicyclic) bond motifs is 2. The highest BCUT2D eigenvalue weighted by molar-refractivity contribution is 6.31. The lowest BCUT2D eigenvalue weighted by Crippen LogP contribution is -2.37. The molecule has 1 amide bonds. The summed E-state index contributed by atoms with van der Waals surface area (Å²) in [4.78, 5) is 25.0. The molecule has 5 rings (SSSR count). The summed E-state index contributed by atoms with van der Waals surface area (Å²) >= 11 is 5.90. The molecule has 8 nitrogen and oxygen atoms in total. The Bertz CT molecular complexity index is 1190. The van der Waals surface area contributed by atoms with Crippen molar-refractivity contribution in [1.82, 2.24) is 14.9 Å². The van der Waals surface area contributed by atoms with Crippen molar-refractivity contribution in [1.29, 1.82) is 0 Å². The second-order valence-electron chi connectivity index (χ2n) is 7.57. The van der Waals surface area contributed by atoms with Crippen LogP contribution in [-0.2, 0) is 4.74 Å². The minimum Gasteiger partial charge on any atom is -0.494 e. The number of likely N-dealkylation sites (N-methyl/N-ethyl adjacent to an activating group) is 1. The van der Waals surface area contributed by atoms with Crippen LogP contribution >= 0.6 is 11.6 Å². The molecule has 2 aliphatic rings. The first-order valence-electron chi connectivity index (χ1n) is 9.68. The first kappa shape index (κ1) is 19.8. The number of hydrogen-bond donors (Lipinski definition) is 1. The van der Waals surface area contributed by atoms with Crippen molar-refractivity contribution in [2.24, 2.45) is 0 Å². The molecule has 1 N–H and O–H groups in total. The average Bonchev–Trinajstić information content (AvgIpc) is 3.24. The number of carbonyl (C=O) groups excluding carboxylic acids is 1. The van der Waals surface area contributed by atoms with E-state index >= 15 is 0 Å². The summed E-state index contributed by atoms with van der Waals surface area (Å²) in [6.45, 7) is 1.36. The van der Waals surface area contributed by atoms with E-state index in [9.17, 15) is 9.18 Å². The highest BCUT2D eigenvalue weighted by Gasteiger charge is 2.48. The molecule has 31 heavy (non-hydrogen) atoms. The van der Waals surface area contributed by atoms with Gasteiger partial charge in [0.2, 0.25) is 0 Å². The van der Waals surface area contributed by atoms with Crippen LogP contribution in [0.25, 0.3) is 10.9 Å². The number of benzene rings is 2. The van der Waals surface area contributed by atoms with E-state index in [4.69, 9.17) is 21.1 Å². The fraction of sp³-hybridized carbons (Fsp3) is 0.286. The van der Waals surface area contributed by atoms with E-state index in [1.807, 2.05) is 7.05 Å². The molecule has 10 heteroatoms. The fourth-order valence-corrected chi connectivity index (χ4v) is 4.33. The predicted octanol–water partition coefficient (Wildman–Crippen LogP) is 3.81. The SMILES string of the molecule is COc1cc2ncnc(Nc3cccc(Cl)c3F)c2cc1N1C(=O)O[C@H]2CN(C)C[C@H]21. The first-order chi connectivity index (χ1) is 15.0. The standard InChI is InChI=1S/C21H19ClFN5O3/c1-27-8-16-18(9-27)31-21(29)28(16)15-6-11-14(7-17(15)30-2)24-10-25-20(11)26-13-5-3-4-12(22)19(13)23/h3-7,10,16,18H,8-9H2,1-2H3,(H,24,25,26)/t16-,18+/m1/s1. The molecule has 3 heterocycles. The number of methoxy groups -OCH3 is 1. The van der Waals surface area contributed by atoms with Gasteiger partial charge in [0.15, 0.2) is 5.82 Å². The third kappa shape index (κ3) is 3.30. The zero-order chi connectivity index (χ0) is 21.7. The maximum Gasteiger partial charge on any atom is 0.415 e. The Labute approximate surface area is 182 Å². The number of hydrogen-bond acceptors (Lipinski definition) is 7. The van der Waals surface area contributed by atoms with Crippen molar-refractivity contribution < 1.29 is 18.7 Å². The lowest BCUT2D eigenvalue weighted by molar-refractivity contribution is 0.135. The van der Waals surface area contributed by atoms with Gasteiger partial charge in [0.1, 0.15) is 24.0 Å². The van der Waals surface area contributed by atoms with Crippen LogP contribution in [0.1, 0.15) is 0 Å². The number of nitrogens with one attached hydrogen (secondary N) is 1. The third-order valence-corrected chi connectivity index (χ3v) is 5.89. The van der Waals surface area contributed by atoms with Crippen LogP contribution in [0.2, 0.25) is 5.02 Å². The molecule has 0 unspecified atom stereocenters. The van der Waals surface area contributed by atoms with Crippen molar-refractivity contribution in [2.75, 3.05) is 37.5 Å². The smallest absolute Gasteiger partial charge is 0.415 e. The van der Waals surface area contributed by atoms with Crippen LogP contribution in [-0.4, -0.2) is 60.4 Å². The molecule has 0 aliphatic carbocycles. The molecule has 0 bridgehead atoms. The first-order valence-corrected chi connectivity index (χ1v) is 10.1. The van der Waals surface area contributed by atoms with Crippen LogP contribution in [0, 0.1) is 5.82 Å². The number of anilines is 3. The van der Waals surface area contributed by atoms with Gasteiger partial charge in [-0.3, -0.25) is 4.90 Å². The van der Waals surface area contributed by atoms with Crippen molar-refractivity contribution in [3.8, 4) is 5.75 Å². The van der Waals surface area contributed by atoms with E-state index in [0.717, 1.165) is 0 Å². The van der Waals surface area contributed by atoms with Crippen molar-refractivity contribution in [2.45, 2.75) is 12.1 Å². The maximum atomic E-state index is 14.4. The molecule has 0 spiro atoms. The van der Waals surface area contributed by atoms with Gasteiger partial charge in [-0.15, -0.1) is 0 Å². The summed E-state index contributed by atoms with van der Waals surface area (Å²) in [5, 5.41) is 3.58. The average molecular weight is 444 g/mol. The van der Waals surface area contributed by atoms with Crippen molar-refractivity contribution >= 4 is 45.8 Å². The number of nitrogens with zero attached hydrogens (tertiary/aromatic N) is 4. The summed E-state index contributed by atoms with van der Waals surface area (Å²) in [6, 6.07) is 8.04. The van der Waals surface area contributed by atoms with Gasteiger partial charge in [0, 0.05) is 24.5 Å². The van der Waals surface area contributed by atoms with E-state index in [0.29, 0.717) is 41.2 Å². The Morgan fingerprint density at radius 2 is 2.13 bits per heavy atom. The lowest BCUT2D eigenvalue weighted by atomic mass is 10.1. The van der Waals surface area contributed by atoms with Gasteiger partial charge < -0.3 is 19.7 Å². The number of aromatic nitrogens is 2. The molecule has 2 aromatic carbocycles. The highest BCUT2D eigenvalue weighted by Crippen LogP contribution is 2.40. The summed E-state index contributed by atoms with van der Waals surface area (Å²) < 4.78 is 25.6. The number of likely N-dealkylation sites (tertiary alicyclic amines) is 1. The molecule has 1 aromatic heterocycles. The molecule has 2 aliphatic heterocycles. The van der Waals surface area contributed by atoms with Crippen molar-refractivity contribution in [3.63, 3.8) is 0 Å². The van der Waals surface area contributed by atoms with E-state index in [-0.39, 0.29) is 22.9 Å². The molecular formula is C21H19ClFN5O3. The van der Waals surface area contributed by atoms with Gasteiger partial charge in [0.25, 0.3) is 0 Å². The van der Waals surface area contributed by atoms with Crippen LogP contribution in [0.3, 0.4) is 0 Å². The topological polar surface area (TPSA) is 79.8 Å². The summed E-state index contributed by atoms with van der Waals surface area (Å²) in [5.74, 6) is 0.283. The highest BCUT2D eigenvalue weighted by atomic mass is 35.5. The van der Waals surface area contributed by atoms with Gasteiger partial charge in [-0.05, 0) is 25.2 Å². The van der Waals surface area contributed by atoms with Crippen molar-refractivity contribution in [3.05, 3.63) is 47.5 Å².